The van der Waals surface area contributed by atoms with E-state index in [1.807, 2.05) is 0 Å². The predicted molar refractivity (Wildman–Crippen MR) is 172 cm³/mol. The number of rotatable bonds is 7. The van der Waals surface area contributed by atoms with Gasteiger partial charge in [-0.3, -0.25) is 4.79 Å². The minimum Gasteiger partial charge on any atom is -0.475 e. The number of aryl methyl sites for hydroxylation is 1. The van der Waals surface area contributed by atoms with E-state index in [2.05, 4.69) is 83.8 Å². The molecule has 0 unspecified atom stereocenters. The van der Waals surface area contributed by atoms with E-state index in [1.54, 1.807) is 4.90 Å². The number of benzene rings is 2. The van der Waals surface area contributed by atoms with Gasteiger partial charge in [0.1, 0.15) is 18.2 Å². The van der Waals surface area contributed by atoms with E-state index in [0.717, 1.165) is 49.3 Å². The molecule has 2 fully saturated rings. The summed E-state index contributed by atoms with van der Waals surface area (Å²) >= 11 is 0. The van der Waals surface area contributed by atoms with Crippen LogP contribution < -0.4 is 14.5 Å². The van der Waals surface area contributed by atoms with Gasteiger partial charge in [0.2, 0.25) is 11.8 Å². The lowest BCUT2D eigenvalue weighted by molar-refractivity contribution is -0.128. The third-order valence-electron chi connectivity index (χ3n) is 9.50. The van der Waals surface area contributed by atoms with E-state index < -0.39 is 0 Å². The summed E-state index contributed by atoms with van der Waals surface area (Å²) in [6.07, 6.45) is 4.42. The Hall–Kier alpha value is -4.60. The summed E-state index contributed by atoms with van der Waals surface area (Å²) in [7, 11) is 2.11. The van der Waals surface area contributed by atoms with Gasteiger partial charge >= 0.3 is 0 Å². The lowest BCUT2D eigenvalue weighted by Gasteiger charge is -2.43. The van der Waals surface area contributed by atoms with E-state index in [-0.39, 0.29) is 24.4 Å². The molecule has 0 N–H and O–H groups in total. The van der Waals surface area contributed by atoms with Gasteiger partial charge in [0.25, 0.3) is 0 Å². The quantitative estimate of drug-likeness (QED) is 0.370. The van der Waals surface area contributed by atoms with E-state index in [1.165, 1.54) is 28.1 Å². The fourth-order valence-corrected chi connectivity index (χ4v) is 7.17. The molecule has 3 aliphatic heterocycles. The van der Waals surface area contributed by atoms with Gasteiger partial charge in [0.15, 0.2) is 0 Å². The summed E-state index contributed by atoms with van der Waals surface area (Å²) in [5, 5.41) is 22.6. The molecule has 1 amide bonds. The normalized spacial score (nSPS) is 20.2. The molecule has 1 aromatic heterocycles. The maximum Gasteiger partial charge on any atom is 0.246 e. The zero-order valence-corrected chi connectivity index (χ0v) is 25.6. The topological polar surface area (TPSA) is 99.7 Å². The third kappa shape index (κ3) is 5.44. The van der Waals surface area contributed by atoms with Gasteiger partial charge in [-0.1, -0.05) is 36.9 Å². The van der Waals surface area contributed by atoms with Crippen molar-refractivity contribution in [2.45, 2.75) is 51.2 Å². The number of carbonyl (C=O) groups is 1. The molecular weight excluding hydrogens is 550 g/mol. The lowest BCUT2D eigenvalue weighted by atomic mass is 9.95. The molecule has 9 heteroatoms. The molecule has 44 heavy (non-hydrogen) atoms. The number of likely N-dealkylation sites (tertiary alicyclic amines) is 1. The van der Waals surface area contributed by atoms with Gasteiger partial charge in [-0.25, -0.2) is 4.98 Å². The van der Waals surface area contributed by atoms with Crippen molar-refractivity contribution in [3.63, 3.8) is 0 Å². The summed E-state index contributed by atoms with van der Waals surface area (Å²) in [4.78, 5) is 26.3. The fraction of sp³-hybridized carbons (Fsp3) is 0.429. The van der Waals surface area contributed by atoms with Gasteiger partial charge in [-0.15, -0.1) is 0 Å². The minimum absolute atomic E-state index is 0.173. The van der Waals surface area contributed by atoms with Crippen molar-refractivity contribution in [2.75, 3.05) is 56.2 Å². The Morgan fingerprint density at radius 3 is 2.66 bits per heavy atom. The average Bonchev–Trinajstić information content (AvgIpc) is 3.46. The van der Waals surface area contributed by atoms with Crippen molar-refractivity contribution < 1.29 is 9.53 Å². The molecule has 2 atom stereocenters. The van der Waals surface area contributed by atoms with E-state index in [9.17, 15) is 15.3 Å². The zero-order chi connectivity index (χ0) is 30.8. The Morgan fingerprint density at radius 2 is 1.93 bits per heavy atom. The number of fused-ring (bicyclic) bond motifs is 2. The first-order valence-corrected chi connectivity index (χ1v) is 15.5. The van der Waals surface area contributed by atoms with Crippen LogP contribution in [0.2, 0.25) is 0 Å². The largest absolute Gasteiger partial charge is 0.475 e. The first-order chi connectivity index (χ1) is 21.4. The van der Waals surface area contributed by atoms with Crippen LogP contribution in [-0.4, -0.2) is 79.2 Å². The van der Waals surface area contributed by atoms with E-state index in [4.69, 9.17) is 9.72 Å². The van der Waals surface area contributed by atoms with Crippen LogP contribution >= 0.6 is 0 Å². The van der Waals surface area contributed by atoms with Crippen molar-refractivity contribution in [2.24, 2.45) is 0 Å². The molecule has 0 saturated carbocycles. The number of amides is 1. The highest BCUT2D eigenvalue weighted by Crippen LogP contribution is 2.40. The van der Waals surface area contributed by atoms with Gasteiger partial charge < -0.3 is 24.3 Å². The van der Waals surface area contributed by atoms with Gasteiger partial charge in [0.05, 0.1) is 36.5 Å². The molecule has 0 radical (unpaired) electrons. The molecule has 3 aromatic rings. The second-order valence-corrected chi connectivity index (χ2v) is 12.1. The van der Waals surface area contributed by atoms with Gasteiger partial charge in [-0.2, -0.15) is 10.5 Å². The SMILES string of the molecule is C=CC(=O)N1CCN(c2c(C#N)c(OC[C@@H]3CCCN3C)nc3c2CCN(c2cccc4cccc(C)c24)C3)C[C@@H]1CC#N. The average molecular weight is 590 g/mol. The number of hydrogen-bond acceptors (Lipinski definition) is 8. The van der Waals surface area contributed by atoms with E-state index in [0.29, 0.717) is 44.2 Å². The summed E-state index contributed by atoms with van der Waals surface area (Å²) in [6.45, 7) is 10.1. The van der Waals surface area contributed by atoms with E-state index >= 15 is 0 Å². The molecule has 0 bridgehead atoms. The van der Waals surface area contributed by atoms with Crippen LogP contribution in [0.3, 0.4) is 0 Å². The van der Waals surface area contributed by atoms with Gasteiger partial charge in [-0.05, 0) is 62.9 Å². The molecular formula is C35H39N7O2. The number of carbonyl (C=O) groups excluding carboxylic acids is 1. The molecule has 0 aliphatic carbocycles. The molecule has 6 rings (SSSR count). The van der Waals surface area contributed by atoms with Crippen LogP contribution in [0.25, 0.3) is 10.8 Å². The van der Waals surface area contributed by atoms with Crippen molar-refractivity contribution in [3.05, 3.63) is 71.4 Å². The standard InChI is InChI=1S/C35H39N7O2/c1-4-32(43)42-19-18-41(21-26(42)13-15-36)34-28-14-17-40(31-12-6-10-25-9-5-8-24(2)33(25)31)22-30(28)38-35(29(34)20-37)44-23-27-11-7-16-39(27)3/h4-6,8-10,12,26-27H,1,7,11,13-14,16-19,21-23H2,2-3H3/t26-,27-/m0/s1. The lowest BCUT2D eigenvalue weighted by Crippen LogP contribution is -2.55. The molecule has 2 saturated heterocycles. The highest BCUT2D eigenvalue weighted by Gasteiger charge is 2.35. The number of piperazine rings is 1. The molecule has 4 heterocycles. The number of pyridine rings is 1. The molecule has 3 aliphatic rings. The maximum atomic E-state index is 12.6. The highest BCUT2D eigenvalue weighted by atomic mass is 16.5. The van der Waals surface area contributed by atoms with Crippen LogP contribution in [0.5, 0.6) is 5.88 Å². The van der Waals surface area contributed by atoms with Crippen molar-refractivity contribution >= 4 is 28.1 Å². The summed E-state index contributed by atoms with van der Waals surface area (Å²) in [6, 6.07) is 17.5. The van der Waals surface area contributed by atoms with Crippen LogP contribution in [0.15, 0.2) is 49.1 Å². The molecule has 2 aromatic carbocycles. The molecule has 0 spiro atoms. The number of likely N-dealkylation sites (N-methyl/N-ethyl adjacent to an activating group) is 1. The second-order valence-electron chi connectivity index (χ2n) is 12.1. The first-order valence-electron chi connectivity index (χ1n) is 15.5. The Morgan fingerprint density at radius 1 is 1.11 bits per heavy atom. The van der Waals surface area contributed by atoms with Crippen molar-refractivity contribution in [3.8, 4) is 18.0 Å². The summed E-state index contributed by atoms with van der Waals surface area (Å²) in [5.41, 5.74) is 5.66. The Balaban J connectivity index is 1.41. The number of ether oxygens (including phenoxy) is 1. The number of aromatic nitrogens is 1. The van der Waals surface area contributed by atoms with Crippen molar-refractivity contribution in [1.29, 1.82) is 10.5 Å². The molecule has 9 nitrogen and oxygen atoms in total. The number of nitriles is 2. The number of anilines is 2. The maximum absolute atomic E-state index is 12.6. The number of hydrogen-bond donors (Lipinski definition) is 0. The fourth-order valence-electron chi connectivity index (χ4n) is 7.17. The zero-order valence-electron chi connectivity index (χ0n) is 25.6. The molecule has 226 valence electrons. The number of nitrogens with zero attached hydrogens (tertiary/aromatic N) is 7. The monoisotopic (exact) mass is 589 g/mol. The van der Waals surface area contributed by atoms with Crippen LogP contribution in [-0.2, 0) is 17.8 Å². The predicted octanol–water partition coefficient (Wildman–Crippen LogP) is 4.57. The van der Waals surface area contributed by atoms with Crippen LogP contribution in [0.4, 0.5) is 11.4 Å². The summed E-state index contributed by atoms with van der Waals surface area (Å²) in [5.74, 6) is 0.201. The van der Waals surface area contributed by atoms with Crippen LogP contribution in [0, 0.1) is 29.6 Å². The first kappa shape index (κ1) is 29.5. The van der Waals surface area contributed by atoms with Crippen molar-refractivity contribution in [1.82, 2.24) is 14.8 Å². The Kier molecular flexibility index (Phi) is 8.41. The third-order valence-corrected chi connectivity index (χ3v) is 9.50. The Labute approximate surface area is 259 Å². The van der Waals surface area contributed by atoms with Gasteiger partial charge in [0, 0.05) is 48.9 Å². The smallest absolute Gasteiger partial charge is 0.246 e. The second kappa shape index (κ2) is 12.6. The highest BCUT2D eigenvalue weighted by molar-refractivity contribution is 5.97. The Bertz CT molecular complexity index is 1670. The minimum atomic E-state index is -0.301. The summed E-state index contributed by atoms with van der Waals surface area (Å²) < 4.78 is 6.41. The van der Waals surface area contributed by atoms with Crippen LogP contribution in [0.1, 0.15) is 41.6 Å².